The van der Waals surface area contributed by atoms with E-state index in [9.17, 15) is 18.9 Å². The van der Waals surface area contributed by atoms with Crippen LogP contribution in [0.1, 0.15) is 0 Å². The summed E-state index contributed by atoms with van der Waals surface area (Å²) in [5.74, 6) is -1.53. The highest BCUT2D eigenvalue weighted by Gasteiger charge is 2.14. The molecule has 2 aromatic carbocycles. The van der Waals surface area contributed by atoms with Gasteiger partial charge in [-0.05, 0) is 18.2 Å². The molecule has 104 valence electrons. The average Bonchev–Trinajstić information content (AvgIpc) is 2.41. The number of rotatable bonds is 4. The van der Waals surface area contributed by atoms with Crippen molar-refractivity contribution in [2.24, 2.45) is 0 Å². The monoisotopic (exact) mass is 280 g/mol. The molecule has 0 aliphatic rings. The molecule has 0 aromatic heterocycles. The maximum atomic E-state index is 13.4. The molecule has 2 rings (SSSR count). The fraction of sp³-hybridized carbons (Fsp3) is 0.0769. The molecule has 1 N–H and O–H groups in total. The van der Waals surface area contributed by atoms with Crippen molar-refractivity contribution in [2.45, 2.75) is 0 Å². The number of benzene rings is 2. The number of nitro groups is 1. The first-order valence-electron chi connectivity index (χ1n) is 5.60. The van der Waals surface area contributed by atoms with Crippen LogP contribution in [0.5, 0.6) is 11.5 Å². The summed E-state index contributed by atoms with van der Waals surface area (Å²) in [7, 11) is 1.52. The lowest BCUT2D eigenvalue weighted by atomic mass is 10.2. The van der Waals surface area contributed by atoms with Crippen LogP contribution in [0, 0.1) is 21.7 Å². The Hall–Kier alpha value is -2.70. The van der Waals surface area contributed by atoms with Gasteiger partial charge in [-0.15, -0.1) is 0 Å². The Morgan fingerprint density at radius 1 is 1.20 bits per heavy atom. The van der Waals surface area contributed by atoms with Crippen molar-refractivity contribution in [1.82, 2.24) is 0 Å². The molecule has 0 radical (unpaired) electrons. The fourth-order valence-electron chi connectivity index (χ4n) is 1.62. The van der Waals surface area contributed by atoms with Crippen LogP contribution in [0.2, 0.25) is 0 Å². The topological polar surface area (TPSA) is 64.4 Å². The van der Waals surface area contributed by atoms with Gasteiger partial charge in [-0.2, -0.15) is 0 Å². The molecule has 0 unspecified atom stereocenters. The third kappa shape index (κ3) is 2.82. The second kappa shape index (κ2) is 5.52. The molecule has 0 saturated carbocycles. The van der Waals surface area contributed by atoms with Gasteiger partial charge in [0.05, 0.1) is 4.92 Å². The number of nitrogens with zero attached hydrogens (tertiary/aromatic N) is 1. The van der Waals surface area contributed by atoms with Gasteiger partial charge in [0.25, 0.3) is 5.69 Å². The number of nitrogens with one attached hydrogen (secondary N) is 1. The molecule has 0 aliphatic heterocycles. The van der Waals surface area contributed by atoms with E-state index in [0.29, 0.717) is 6.07 Å². The predicted octanol–water partition coefficient (Wildman–Crippen LogP) is 3.71. The maximum Gasteiger partial charge on any atom is 0.292 e. The lowest BCUT2D eigenvalue weighted by molar-refractivity contribution is -0.384. The van der Waals surface area contributed by atoms with E-state index in [4.69, 9.17) is 4.74 Å². The van der Waals surface area contributed by atoms with Gasteiger partial charge in [0, 0.05) is 25.2 Å². The van der Waals surface area contributed by atoms with Crippen molar-refractivity contribution in [3.8, 4) is 11.5 Å². The number of nitro benzene ring substituents is 1. The zero-order valence-electron chi connectivity index (χ0n) is 10.4. The number of anilines is 1. The molecule has 0 heterocycles. The fourth-order valence-corrected chi connectivity index (χ4v) is 1.62. The lowest BCUT2D eigenvalue weighted by Gasteiger charge is -2.09. The molecular formula is C13H10F2N2O3. The third-order valence-corrected chi connectivity index (χ3v) is 2.56. The van der Waals surface area contributed by atoms with Crippen LogP contribution in [-0.2, 0) is 0 Å². The zero-order valence-corrected chi connectivity index (χ0v) is 10.4. The van der Waals surface area contributed by atoms with Gasteiger partial charge in [-0.1, -0.05) is 0 Å². The van der Waals surface area contributed by atoms with Crippen molar-refractivity contribution in [3.05, 3.63) is 58.1 Å². The van der Waals surface area contributed by atoms with Gasteiger partial charge >= 0.3 is 0 Å². The van der Waals surface area contributed by atoms with Gasteiger partial charge in [-0.25, -0.2) is 8.78 Å². The highest BCUT2D eigenvalue weighted by atomic mass is 19.1. The van der Waals surface area contributed by atoms with E-state index in [1.165, 1.54) is 25.2 Å². The minimum atomic E-state index is -0.852. The summed E-state index contributed by atoms with van der Waals surface area (Å²) < 4.78 is 31.4. The Kier molecular flexibility index (Phi) is 3.79. The standard InChI is InChI=1S/C13H10F2N2O3/c1-16-11-7-9(3-4-12(11)17(18)19)20-13-5-2-8(14)6-10(13)15/h2-7,16H,1H3. The molecule has 0 fully saturated rings. The van der Waals surface area contributed by atoms with Crippen LogP contribution in [0.4, 0.5) is 20.2 Å². The summed E-state index contributed by atoms with van der Waals surface area (Å²) in [6.45, 7) is 0. The molecular weight excluding hydrogens is 270 g/mol. The Balaban J connectivity index is 2.32. The van der Waals surface area contributed by atoms with E-state index in [0.717, 1.165) is 12.1 Å². The highest BCUT2D eigenvalue weighted by molar-refractivity contribution is 5.64. The molecule has 0 spiro atoms. The van der Waals surface area contributed by atoms with E-state index in [-0.39, 0.29) is 22.9 Å². The normalized spacial score (nSPS) is 10.2. The number of hydrogen-bond acceptors (Lipinski definition) is 4. The largest absolute Gasteiger partial charge is 0.454 e. The molecule has 0 atom stereocenters. The van der Waals surface area contributed by atoms with Crippen molar-refractivity contribution in [2.75, 3.05) is 12.4 Å². The van der Waals surface area contributed by atoms with Crippen molar-refractivity contribution >= 4 is 11.4 Å². The second-order valence-electron chi connectivity index (χ2n) is 3.86. The van der Waals surface area contributed by atoms with Crippen LogP contribution in [0.3, 0.4) is 0 Å². The van der Waals surface area contributed by atoms with E-state index in [1.54, 1.807) is 0 Å². The van der Waals surface area contributed by atoms with Gasteiger partial charge < -0.3 is 10.1 Å². The van der Waals surface area contributed by atoms with E-state index < -0.39 is 16.6 Å². The summed E-state index contributed by atoms with van der Waals surface area (Å²) in [5, 5.41) is 13.4. The lowest BCUT2D eigenvalue weighted by Crippen LogP contribution is -1.97. The molecule has 0 aliphatic carbocycles. The summed E-state index contributed by atoms with van der Waals surface area (Å²) in [4.78, 5) is 10.2. The van der Waals surface area contributed by atoms with Gasteiger partial charge in [0.15, 0.2) is 11.6 Å². The SMILES string of the molecule is CNc1cc(Oc2ccc(F)cc2F)ccc1[N+](=O)[O-]. The van der Waals surface area contributed by atoms with E-state index >= 15 is 0 Å². The Labute approximate surface area is 113 Å². The minimum Gasteiger partial charge on any atom is -0.454 e. The Bertz CT molecular complexity index is 662. The maximum absolute atomic E-state index is 13.4. The van der Waals surface area contributed by atoms with Gasteiger partial charge in [-0.3, -0.25) is 10.1 Å². The van der Waals surface area contributed by atoms with Crippen molar-refractivity contribution in [1.29, 1.82) is 0 Å². The third-order valence-electron chi connectivity index (χ3n) is 2.56. The quantitative estimate of drug-likeness (QED) is 0.685. The Morgan fingerprint density at radius 2 is 1.95 bits per heavy atom. The number of hydrogen-bond donors (Lipinski definition) is 1. The summed E-state index contributed by atoms with van der Waals surface area (Å²) >= 11 is 0. The first kappa shape index (κ1) is 13.7. The molecule has 2 aromatic rings. The second-order valence-corrected chi connectivity index (χ2v) is 3.86. The van der Waals surface area contributed by atoms with Crippen LogP contribution in [-0.4, -0.2) is 12.0 Å². The van der Waals surface area contributed by atoms with Gasteiger partial charge in [0.2, 0.25) is 0 Å². The summed E-state index contributed by atoms with van der Waals surface area (Å²) in [6.07, 6.45) is 0. The van der Waals surface area contributed by atoms with Crippen LogP contribution in [0.15, 0.2) is 36.4 Å². The van der Waals surface area contributed by atoms with Gasteiger partial charge in [0.1, 0.15) is 17.3 Å². The number of ether oxygens (including phenoxy) is 1. The smallest absolute Gasteiger partial charge is 0.292 e. The zero-order chi connectivity index (χ0) is 14.7. The molecule has 0 saturated heterocycles. The molecule has 7 heteroatoms. The van der Waals surface area contributed by atoms with Crippen molar-refractivity contribution < 1.29 is 18.4 Å². The minimum absolute atomic E-state index is 0.126. The molecule has 5 nitrogen and oxygen atoms in total. The molecule has 0 bridgehead atoms. The van der Waals surface area contributed by atoms with Crippen LogP contribution in [0.25, 0.3) is 0 Å². The molecule has 0 amide bonds. The van der Waals surface area contributed by atoms with Crippen LogP contribution < -0.4 is 10.1 Å². The Morgan fingerprint density at radius 3 is 2.55 bits per heavy atom. The van der Waals surface area contributed by atoms with E-state index in [2.05, 4.69) is 5.32 Å². The first-order chi connectivity index (χ1) is 9.51. The summed E-state index contributed by atoms with van der Waals surface area (Å²) in [5.41, 5.74) is 0.106. The predicted molar refractivity (Wildman–Crippen MR) is 69.1 cm³/mol. The summed E-state index contributed by atoms with van der Waals surface area (Å²) in [6, 6.07) is 6.83. The van der Waals surface area contributed by atoms with Crippen molar-refractivity contribution in [3.63, 3.8) is 0 Å². The highest BCUT2D eigenvalue weighted by Crippen LogP contribution is 2.32. The molecule has 20 heavy (non-hydrogen) atoms. The van der Waals surface area contributed by atoms with Crippen LogP contribution >= 0.6 is 0 Å². The number of halogens is 2. The average molecular weight is 280 g/mol. The first-order valence-corrected chi connectivity index (χ1v) is 5.60. The van der Waals surface area contributed by atoms with E-state index in [1.807, 2.05) is 0 Å².